The Morgan fingerprint density at radius 1 is 1.61 bits per heavy atom. The first-order chi connectivity index (χ1) is 8.43. The minimum atomic E-state index is 0.212. The fourth-order valence-corrected chi connectivity index (χ4v) is 2.96. The molecule has 0 amide bonds. The maximum absolute atomic E-state index is 5.82. The third-order valence-corrected chi connectivity index (χ3v) is 3.81. The fraction of sp³-hybridized carbons (Fsp3) is 0.667. The number of hydrogen-bond acceptors (Lipinski definition) is 4. The van der Waals surface area contributed by atoms with Crippen LogP contribution >= 0.6 is 12.2 Å². The van der Waals surface area contributed by atoms with Crippen molar-refractivity contribution in [2.45, 2.75) is 32.4 Å². The molecule has 1 aromatic rings. The number of hydrogen-bond donors (Lipinski definition) is 1. The highest BCUT2D eigenvalue weighted by molar-refractivity contribution is 7.80. The van der Waals surface area contributed by atoms with Crippen molar-refractivity contribution in [3.8, 4) is 0 Å². The van der Waals surface area contributed by atoms with Gasteiger partial charge in [-0.2, -0.15) is 5.10 Å². The van der Waals surface area contributed by atoms with Crippen LogP contribution < -0.4 is 10.6 Å². The van der Waals surface area contributed by atoms with Gasteiger partial charge in [-0.25, -0.2) is 0 Å². The van der Waals surface area contributed by atoms with E-state index in [1.165, 1.54) is 0 Å². The van der Waals surface area contributed by atoms with Crippen LogP contribution in [0, 0.1) is 6.92 Å². The second-order valence-corrected chi connectivity index (χ2v) is 5.25. The lowest BCUT2D eigenvalue weighted by molar-refractivity contribution is 0.118. The maximum Gasteiger partial charge on any atom is 0.137 e. The van der Waals surface area contributed by atoms with Crippen LogP contribution in [0.25, 0.3) is 0 Å². The first kappa shape index (κ1) is 13.3. The number of anilines is 1. The zero-order chi connectivity index (χ0) is 13.4. The summed E-state index contributed by atoms with van der Waals surface area (Å²) in [5.74, 6) is 0.974. The molecular weight excluding hydrogens is 248 g/mol. The van der Waals surface area contributed by atoms with Crippen molar-refractivity contribution in [3.63, 3.8) is 0 Å². The molecular formula is C12H20N4OS. The van der Waals surface area contributed by atoms with Crippen molar-refractivity contribution < 1.29 is 4.74 Å². The Kier molecular flexibility index (Phi) is 3.59. The van der Waals surface area contributed by atoms with Gasteiger partial charge in [0.15, 0.2) is 0 Å². The highest BCUT2D eigenvalue weighted by atomic mass is 32.1. The van der Waals surface area contributed by atoms with E-state index in [4.69, 9.17) is 22.7 Å². The summed E-state index contributed by atoms with van der Waals surface area (Å²) in [6.45, 7) is 4.83. The molecule has 6 heteroatoms. The molecule has 0 bridgehead atoms. The van der Waals surface area contributed by atoms with Gasteiger partial charge in [-0.1, -0.05) is 12.2 Å². The summed E-state index contributed by atoms with van der Waals surface area (Å²) < 4.78 is 7.46. The van der Waals surface area contributed by atoms with Gasteiger partial charge in [0.05, 0.1) is 23.4 Å². The number of thiocarbonyl (C=S) groups is 1. The zero-order valence-electron chi connectivity index (χ0n) is 11.3. The van der Waals surface area contributed by atoms with E-state index < -0.39 is 0 Å². The fourth-order valence-electron chi connectivity index (χ4n) is 2.73. The molecule has 2 atom stereocenters. The molecule has 0 spiro atoms. The Morgan fingerprint density at radius 2 is 2.28 bits per heavy atom. The van der Waals surface area contributed by atoms with Gasteiger partial charge < -0.3 is 15.4 Å². The van der Waals surface area contributed by atoms with Crippen LogP contribution in [-0.4, -0.2) is 40.6 Å². The SMILES string of the molecule is Cc1nn(C)c(N(C)C2CCOC2C)c1C(N)=S. The highest BCUT2D eigenvalue weighted by Crippen LogP contribution is 2.28. The summed E-state index contributed by atoms with van der Waals surface area (Å²) in [6, 6.07) is 0.341. The third-order valence-electron chi connectivity index (χ3n) is 3.61. The summed E-state index contributed by atoms with van der Waals surface area (Å²) in [5, 5.41) is 4.42. The van der Waals surface area contributed by atoms with Crippen molar-refractivity contribution in [2.75, 3.05) is 18.6 Å². The van der Waals surface area contributed by atoms with E-state index in [1.807, 2.05) is 25.7 Å². The lowest BCUT2D eigenvalue weighted by atomic mass is 10.1. The van der Waals surface area contributed by atoms with E-state index in [1.54, 1.807) is 0 Å². The van der Waals surface area contributed by atoms with Crippen LogP contribution in [0.5, 0.6) is 0 Å². The van der Waals surface area contributed by atoms with Crippen LogP contribution in [0.1, 0.15) is 24.6 Å². The van der Waals surface area contributed by atoms with Crippen molar-refractivity contribution in [1.82, 2.24) is 9.78 Å². The molecule has 100 valence electrons. The van der Waals surface area contributed by atoms with Gasteiger partial charge in [-0.3, -0.25) is 4.68 Å². The molecule has 1 aromatic heterocycles. The molecule has 2 rings (SSSR count). The Balaban J connectivity index is 2.40. The van der Waals surface area contributed by atoms with Gasteiger partial charge in [-0.15, -0.1) is 0 Å². The molecule has 0 aromatic carbocycles. The molecule has 2 unspecified atom stereocenters. The standard InChI is InChI=1S/C12H20N4OS/c1-7-10(11(13)18)12(16(4)14-7)15(3)9-5-6-17-8(9)2/h8-9H,5-6H2,1-4H3,(H2,13,18). The number of ether oxygens (including phenoxy) is 1. The van der Waals surface area contributed by atoms with Crippen molar-refractivity contribution in [3.05, 3.63) is 11.3 Å². The summed E-state index contributed by atoms with van der Waals surface area (Å²) in [6.07, 6.45) is 1.22. The Labute approximate surface area is 113 Å². The average Bonchev–Trinajstić information content (AvgIpc) is 2.81. The third kappa shape index (κ3) is 2.10. The predicted octanol–water partition coefficient (Wildman–Crippen LogP) is 0.976. The average molecular weight is 268 g/mol. The largest absolute Gasteiger partial charge is 0.389 e. The number of rotatable bonds is 3. The van der Waals surface area contributed by atoms with E-state index in [-0.39, 0.29) is 6.10 Å². The minimum absolute atomic E-state index is 0.212. The van der Waals surface area contributed by atoms with Crippen LogP contribution in [0.4, 0.5) is 5.82 Å². The molecule has 2 N–H and O–H groups in total. The summed E-state index contributed by atoms with van der Waals surface area (Å²) in [7, 11) is 3.97. The smallest absolute Gasteiger partial charge is 0.137 e. The zero-order valence-corrected chi connectivity index (χ0v) is 12.1. The molecule has 1 saturated heterocycles. The van der Waals surface area contributed by atoms with Gasteiger partial charge in [0.25, 0.3) is 0 Å². The quantitative estimate of drug-likeness (QED) is 0.828. The van der Waals surface area contributed by atoms with Crippen LogP contribution in [0.2, 0.25) is 0 Å². The van der Waals surface area contributed by atoms with E-state index in [0.29, 0.717) is 11.0 Å². The molecule has 1 aliphatic heterocycles. The molecule has 2 heterocycles. The number of nitrogens with two attached hydrogens (primary N) is 1. The van der Waals surface area contributed by atoms with E-state index in [2.05, 4.69) is 16.9 Å². The van der Waals surface area contributed by atoms with Gasteiger partial charge in [0.1, 0.15) is 10.8 Å². The topological polar surface area (TPSA) is 56.3 Å². The van der Waals surface area contributed by atoms with Crippen molar-refractivity contribution in [1.29, 1.82) is 0 Å². The first-order valence-electron chi connectivity index (χ1n) is 6.11. The number of likely N-dealkylation sites (N-methyl/N-ethyl adjacent to an activating group) is 1. The molecule has 0 radical (unpaired) electrons. The van der Waals surface area contributed by atoms with E-state index >= 15 is 0 Å². The molecule has 0 saturated carbocycles. The summed E-state index contributed by atoms with van der Waals surface area (Å²) in [4.78, 5) is 2.58. The van der Waals surface area contributed by atoms with Gasteiger partial charge in [0, 0.05) is 20.7 Å². The highest BCUT2D eigenvalue weighted by Gasteiger charge is 2.31. The van der Waals surface area contributed by atoms with Crippen LogP contribution in [0.15, 0.2) is 0 Å². The molecule has 18 heavy (non-hydrogen) atoms. The predicted molar refractivity (Wildman–Crippen MR) is 76.1 cm³/mol. The maximum atomic E-state index is 5.82. The first-order valence-corrected chi connectivity index (χ1v) is 6.52. The van der Waals surface area contributed by atoms with Gasteiger partial charge in [0.2, 0.25) is 0 Å². The number of nitrogens with zero attached hydrogens (tertiary/aromatic N) is 3. The van der Waals surface area contributed by atoms with Gasteiger partial charge in [-0.05, 0) is 20.3 Å². The number of aryl methyl sites for hydroxylation is 2. The minimum Gasteiger partial charge on any atom is -0.389 e. The normalized spacial score (nSPS) is 23.3. The molecule has 1 fully saturated rings. The van der Waals surface area contributed by atoms with Crippen molar-refractivity contribution >= 4 is 23.0 Å². The lowest BCUT2D eigenvalue weighted by Crippen LogP contribution is -2.38. The Morgan fingerprint density at radius 3 is 2.78 bits per heavy atom. The van der Waals surface area contributed by atoms with Crippen LogP contribution in [-0.2, 0) is 11.8 Å². The van der Waals surface area contributed by atoms with Crippen molar-refractivity contribution in [2.24, 2.45) is 12.8 Å². The second kappa shape index (κ2) is 4.85. The van der Waals surface area contributed by atoms with E-state index in [0.717, 1.165) is 30.1 Å². The number of aromatic nitrogens is 2. The lowest BCUT2D eigenvalue weighted by Gasteiger charge is -2.29. The Bertz CT molecular complexity index is 471. The summed E-state index contributed by atoms with van der Waals surface area (Å²) in [5.41, 5.74) is 7.56. The Hall–Kier alpha value is -1.14. The monoisotopic (exact) mass is 268 g/mol. The molecule has 0 aliphatic carbocycles. The summed E-state index contributed by atoms with van der Waals surface area (Å²) >= 11 is 5.14. The van der Waals surface area contributed by atoms with Gasteiger partial charge >= 0.3 is 0 Å². The molecule has 5 nitrogen and oxygen atoms in total. The second-order valence-electron chi connectivity index (χ2n) is 4.81. The van der Waals surface area contributed by atoms with Crippen LogP contribution in [0.3, 0.4) is 0 Å². The van der Waals surface area contributed by atoms with E-state index in [9.17, 15) is 0 Å². The molecule has 1 aliphatic rings.